The lowest BCUT2D eigenvalue weighted by Crippen LogP contribution is -2.10. The van der Waals surface area contributed by atoms with Crippen molar-refractivity contribution in [2.75, 3.05) is 0 Å². The molecule has 0 saturated carbocycles. The molecule has 2 heterocycles. The van der Waals surface area contributed by atoms with Crippen LogP contribution in [0.4, 0.5) is 4.39 Å². The van der Waals surface area contributed by atoms with Crippen LogP contribution in [-0.4, -0.2) is 42.9 Å². The normalized spacial score (nSPS) is 11.1. The van der Waals surface area contributed by atoms with E-state index in [1.54, 1.807) is 21.6 Å². The number of aryl methyl sites for hydroxylation is 1. The summed E-state index contributed by atoms with van der Waals surface area (Å²) >= 11 is 0. The predicted molar refractivity (Wildman–Crippen MR) is 127 cm³/mol. The first-order valence-electron chi connectivity index (χ1n) is 10.7. The first kappa shape index (κ1) is 21.6. The molecule has 0 aliphatic rings. The van der Waals surface area contributed by atoms with E-state index in [9.17, 15) is 9.50 Å². The van der Waals surface area contributed by atoms with E-state index in [1.165, 1.54) is 12.1 Å². The standard InChI is InChI=1S/C25H20BFN6O/c1-16-2-3-17(10-21(16)26)12-32-14-23(28-30-32)19-5-7-20(8-6-19)24-15-33(31-29-24)13-18-4-9-25(34)22(27)11-18/h2-11,14-15,34H,12-13H2,1H3. The molecule has 0 unspecified atom stereocenters. The third-order valence-electron chi connectivity index (χ3n) is 5.60. The van der Waals surface area contributed by atoms with Gasteiger partial charge in [-0.15, -0.1) is 10.2 Å². The second kappa shape index (κ2) is 8.94. The van der Waals surface area contributed by atoms with Crippen LogP contribution < -0.4 is 5.46 Å². The van der Waals surface area contributed by atoms with E-state index in [-0.39, 0.29) is 5.75 Å². The van der Waals surface area contributed by atoms with Crippen molar-refractivity contribution in [3.05, 3.63) is 95.6 Å². The number of aromatic nitrogens is 6. The molecule has 2 radical (unpaired) electrons. The summed E-state index contributed by atoms with van der Waals surface area (Å²) in [5, 5.41) is 26.2. The zero-order valence-electron chi connectivity index (χ0n) is 18.4. The lowest BCUT2D eigenvalue weighted by molar-refractivity contribution is 0.431. The Balaban J connectivity index is 1.28. The van der Waals surface area contributed by atoms with E-state index >= 15 is 0 Å². The third kappa shape index (κ3) is 4.59. The van der Waals surface area contributed by atoms with Gasteiger partial charge >= 0.3 is 0 Å². The Morgan fingerprint density at radius 2 is 1.32 bits per heavy atom. The maximum absolute atomic E-state index is 13.6. The van der Waals surface area contributed by atoms with Gasteiger partial charge in [0.1, 0.15) is 19.2 Å². The van der Waals surface area contributed by atoms with Gasteiger partial charge in [0.05, 0.1) is 25.5 Å². The van der Waals surface area contributed by atoms with Crippen LogP contribution in [0.2, 0.25) is 0 Å². The Hall–Kier alpha value is -4.27. The zero-order valence-corrected chi connectivity index (χ0v) is 18.4. The molecule has 2 aromatic heterocycles. The summed E-state index contributed by atoms with van der Waals surface area (Å²) in [6.07, 6.45) is 3.70. The van der Waals surface area contributed by atoms with Gasteiger partial charge in [0, 0.05) is 11.1 Å². The number of phenols is 1. The van der Waals surface area contributed by atoms with Crippen molar-refractivity contribution in [3.8, 4) is 28.3 Å². The fourth-order valence-electron chi connectivity index (χ4n) is 3.64. The number of halogens is 1. The summed E-state index contributed by atoms with van der Waals surface area (Å²) in [4.78, 5) is 0. The fourth-order valence-corrected chi connectivity index (χ4v) is 3.64. The minimum Gasteiger partial charge on any atom is -0.505 e. The number of aromatic hydroxyl groups is 1. The van der Waals surface area contributed by atoms with Crippen LogP contribution in [0.5, 0.6) is 5.75 Å². The lowest BCUT2D eigenvalue weighted by atomic mass is 9.90. The average molecular weight is 450 g/mol. The highest BCUT2D eigenvalue weighted by molar-refractivity contribution is 6.33. The number of benzene rings is 3. The van der Waals surface area contributed by atoms with Crippen molar-refractivity contribution >= 4 is 13.3 Å². The average Bonchev–Trinajstić information content (AvgIpc) is 3.49. The van der Waals surface area contributed by atoms with E-state index in [4.69, 9.17) is 7.85 Å². The van der Waals surface area contributed by atoms with Gasteiger partial charge in [-0.05, 0) is 30.2 Å². The van der Waals surface area contributed by atoms with Gasteiger partial charge in [-0.1, -0.05) is 70.0 Å². The molecule has 0 aliphatic carbocycles. The Labute approximate surface area is 196 Å². The molecule has 9 heteroatoms. The quantitative estimate of drug-likeness (QED) is 0.402. The number of rotatable bonds is 6. The van der Waals surface area contributed by atoms with E-state index < -0.39 is 5.82 Å². The maximum atomic E-state index is 13.6. The summed E-state index contributed by atoms with van der Waals surface area (Å²) in [5.41, 5.74) is 6.86. The molecule has 0 bridgehead atoms. The van der Waals surface area contributed by atoms with Crippen molar-refractivity contribution < 1.29 is 9.50 Å². The molecular formula is C25H20BFN6O. The van der Waals surface area contributed by atoms with Crippen LogP contribution in [0.1, 0.15) is 16.7 Å². The van der Waals surface area contributed by atoms with Gasteiger partial charge < -0.3 is 5.11 Å². The van der Waals surface area contributed by atoms with Gasteiger partial charge in [0.2, 0.25) is 0 Å². The molecule has 0 saturated heterocycles. The summed E-state index contributed by atoms with van der Waals surface area (Å²) in [7, 11) is 6.00. The second-order valence-electron chi connectivity index (χ2n) is 8.16. The van der Waals surface area contributed by atoms with Gasteiger partial charge in [-0.2, -0.15) is 0 Å². The van der Waals surface area contributed by atoms with Crippen LogP contribution in [0, 0.1) is 12.7 Å². The molecule has 0 atom stereocenters. The van der Waals surface area contributed by atoms with Gasteiger partial charge in [0.15, 0.2) is 11.6 Å². The van der Waals surface area contributed by atoms with Gasteiger partial charge in [-0.3, -0.25) is 0 Å². The van der Waals surface area contributed by atoms with Crippen LogP contribution >= 0.6 is 0 Å². The molecule has 166 valence electrons. The van der Waals surface area contributed by atoms with Crippen molar-refractivity contribution in [2.24, 2.45) is 0 Å². The largest absolute Gasteiger partial charge is 0.505 e. The van der Waals surface area contributed by atoms with Crippen molar-refractivity contribution in [3.63, 3.8) is 0 Å². The predicted octanol–water partition coefficient (Wildman–Crippen LogP) is 3.25. The van der Waals surface area contributed by atoms with Crippen LogP contribution in [0.25, 0.3) is 22.5 Å². The van der Waals surface area contributed by atoms with E-state index in [1.807, 2.05) is 55.6 Å². The molecule has 34 heavy (non-hydrogen) atoms. The third-order valence-corrected chi connectivity index (χ3v) is 5.60. The molecule has 0 spiro atoms. The second-order valence-corrected chi connectivity index (χ2v) is 8.16. The van der Waals surface area contributed by atoms with Crippen LogP contribution in [0.3, 0.4) is 0 Å². The van der Waals surface area contributed by atoms with Crippen molar-refractivity contribution in [1.29, 1.82) is 0 Å². The number of hydrogen-bond acceptors (Lipinski definition) is 5. The molecule has 7 nitrogen and oxygen atoms in total. The van der Waals surface area contributed by atoms with Crippen molar-refractivity contribution in [2.45, 2.75) is 20.0 Å². The molecule has 0 fully saturated rings. The first-order valence-corrected chi connectivity index (χ1v) is 10.7. The summed E-state index contributed by atoms with van der Waals surface area (Å²) in [5.74, 6) is -1.03. The zero-order chi connectivity index (χ0) is 23.7. The monoisotopic (exact) mass is 450 g/mol. The molecular weight excluding hydrogens is 430 g/mol. The first-order chi connectivity index (χ1) is 16.4. The van der Waals surface area contributed by atoms with Gasteiger partial charge in [-0.25, -0.2) is 13.8 Å². The van der Waals surface area contributed by atoms with E-state index in [0.29, 0.717) is 24.3 Å². The smallest absolute Gasteiger partial charge is 0.165 e. The van der Waals surface area contributed by atoms with Crippen LogP contribution in [0.15, 0.2) is 73.1 Å². The Morgan fingerprint density at radius 1 is 0.794 bits per heavy atom. The van der Waals surface area contributed by atoms with E-state index in [2.05, 4.69) is 20.6 Å². The summed E-state index contributed by atoms with van der Waals surface area (Å²) < 4.78 is 17.0. The van der Waals surface area contributed by atoms with Crippen molar-refractivity contribution in [1.82, 2.24) is 30.0 Å². The molecule has 0 amide bonds. The number of hydrogen-bond donors (Lipinski definition) is 1. The number of nitrogens with zero attached hydrogens (tertiary/aromatic N) is 6. The topological polar surface area (TPSA) is 81.7 Å². The summed E-state index contributed by atoms with van der Waals surface area (Å²) in [6, 6.07) is 18.1. The highest BCUT2D eigenvalue weighted by Crippen LogP contribution is 2.23. The fraction of sp³-hybridized carbons (Fsp3) is 0.120. The SMILES string of the molecule is [B]c1cc(Cn2cc(-c3ccc(-c4cn(Cc5ccc(O)c(F)c5)nn4)cc3)nn2)ccc1C. The van der Waals surface area contributed by atoms with Crippen LogP contribution in [-0.2, 0) is 13.1 Å². The minimum atomic E-state index is -0.659. The lowest BCUT2D eigenvalue weighted by Gasteiger charge is -2.05. The number of phenolic OH excluding ortho intramolecular Hbond substituents is 1. The maximum Gasteiger partial charge on any atom is 0.165 e. The highest BCUT2D eigenvalue weighted by Gasteiger charge is 2.09. The highest BCUT2D eigenvalue weighted by atomic mass is 19.1. The molecule has 5 rings (SSSR count). The Bertz CT molecular complexity index is 1350. The Morgan fingerprint density at radius 3 is 1.85 bits per heavy atom. The minimum absolute atomic E-state index is 0.345. The van der Waals surface area contributed by atoms with E-state index in [0.717, 1.165) is 33.4 Å². The van der Waals surface area contributed by atoms with Gasteiger partial charge in [0.25, 0.3) is 0 Å². The molecule has 1 N–H and O–H groups in total. The molecule has 5 aromatic rings. The molecule has 0 aliphatic heterocycles. The molecule has 3 aromatic carbocycles. The summed E-state index contributed by atoms with van der Waals surface area (Å²) in [6.45, 7) is 2.91. The Kier molecular flexibility index (Phi) is 5.67.